The fraction of sp³-hybridized carbons (Fsp3) is 0.583. The highest BCUT2D eigenvalue weighted by atomic mass is 16.4. The lowest BCUT2D eigenvalue weighted by atomic mass is 10.2. The summed E-state index contributed by atoms with van der Waals surface area (Å²) in [7, 11) is 0. The molecule has 0 aromatic carbocycles. The minimum absolute atomic E-state index is 0.165. The fourth-order valence-electron chi connectivity index (χ4n) is 1.51. The lowest BCUT2D eigenvalue weighted by Gasteiger charge is -2.24. The van der Waals surface area contributed by atoms with E-state index in [4.69, 9.17) is 9.52 Å². The number of hydrogen-bond donors (Lipinski definition) is 1. The van der Waals surface area contributed by atoms with Gasteiger partial charge in [-0.15, -0.1) is 0 Å². The highest BCUT2D eigenvalue weighted by Gasteiger charge is 2.14. The van der Waals surface area contributed by atoms with E-state index in [9.17, 15) is 4.79 Å². The van der Waals surface area contributed by atoms with E-state index < -0.39 is 5.97 Å². The molecule has 0 spiro atoms. The highest BCUT2D eigenvalue weighted by molar-refractivity contribution is 5.66. The number of furan rings is 1. The first kappa shape index (κ1) is 12.8. The van der Waals surface area contributed by atoms with Gasteiger partial charge in [-0.2, -0.15) is 0 Å². The molecule has 0 amide bonds. The third-order valence-corrected chi connectivity index (χ3v) is 2.66. The smallest absolute Gasteiger partial charge is 0.304 e. The lowest BCUT2D eigenvalue weighted by molar-refractivity contribution is -0.137. The molecule has 0 radical (unpaired) electrons. The van der Waals surface area contributed by atoms with Crippen LogP contribution < -0.4 is 0 Å². The number of aryl methyl sites for hydroxylation is 1. The molecule has 90 valence electrons. The molecule has 0 aliphatic carbocycles. The molecular weight excluding hydrogens is 206 g/mol. The summed E-state index contributed by atoms with van der Waals surface area (Å²) in [5.41, 5.74) is 1.11. The summed E-state index contributed by atoms with van der Waals surface area (Å²) < 4.78 is 5.36. The zero-order chi connectivity index (χ0) is 12.1. The van der Waals surface area contributed by atoms with Crippen LogP contribution in [0.15, 0.2) is 16.7 Å². The van der Waals surface area contributed by atoms with E-state index in [2.05, 4.69) is 18.7 Å². The molecule has 1 rings (SSSR count). The first-order valence-corrected chi connectivity index (χ1v) is 5.49. The minimum atomic E-state index is -0.762. The van der Waals surface area contributed by atoms with Gasteiger partial charge < -0.3 is 9.52 Å². The molecular formula is C12H19NO3. The number of aliphatic carboxylic acids is 1. The monoisotopic (exact) mass is 225 g/mol. The summed E-state index contributed by atoms with van der Waals surface area (Å²) in [4.78, 5) is 12.6. The van der Waals surface area contributed by atoms with Crippen LogP contribution in [0.4, 0.5) is 0 Å². The summed E-state index contributed by atoms with van der Waals surface area (Å²) in [6, 6.07) is 2.23. The first-order valence-electron chi connectivity index (χ1n) is 5.49. The van der Waals surface area contributed by atoms with E-state index in [1.54, 1.807) is 6.26 Å². The van der Waals surface area contributed by atoms with E-state index in [-0.39, 0.29) is 6.42 Å². The average molecular weight is 225 g/mol. The summed E-state index contributed by atoms with van der Waals surface area (Å²) in [6.07, 6.45) is 1.83. The molecule has 0 aliphatic heterocycles. The Morgan fingerprint density at radius 2 is 2.25 bits per heavy atom. The molecule has 4 nitrogen and oxygen atoms in total. The Morgan fingerprint density at radius 3 is 2.69 bits per heavy atom. The van der Waals surface area contributed by atoms with E-state index in [1.807, 2.05) is 13.0 Å². The Labute approximate surface area is 95.9 Å². The van der Waals surface area contributed by atoms with Gasteiger partial charge in [0.05, 0.1) is 19.2 Å². The number of nitrogens with zero attached hydrogens (tertiary/aromatic N) is 1. The van der Waals surface area contributed by atoms with Gasteiger partial charge in [-0.05, 0) is 32.4 Å². The number of rotatable bonds is 6. The summed E-state index contributed by atoms with van der Waals surface area (Å²) >= 11 is 0. The van der Waals surface area contributed by atoms with Crippen LogP contribution in [-0.4, -0.2) is 28.6 Å². The van der Waals surface area contributed by atoms with Crippen molar-refractivity contribution in [3.05, 3.63) is 23.7 Å². The van der Waals surface area contributed by atoms with Crippen molar-refractivity contribution >= 4 is 5.97 Å². The molecule has 0 atom stereocenters. The maximum atomic E-state index is 10.5. The SMILES string of the molecule is Cc1ccoc1CN(CCC(=O)O)C(C)C. The molecule has 1 aromatic rings. The number of carboxylic acids is 1. The number of hydrogen-bond acceptors (Lipinski definition) is 3. The van der Waals surface area contributed by atoms with E-state index in [0.717, 1.165) is 11.3 Å². The van der Waals surface area contributed by atoms with Crippen LogP contribution in [0.1, 0.15) is 31.6 Å². The molecule has 4 heteroatoms. The van der Waals surface area contributed by atoms with Crippen molar-refractivity contribution < 1.29 is 14.3 Å². The van der Waals surface area contributed by atoms with Crippen molar-refractivity contribution in [1.82, 2.24) is 4.90 Å². The van der Waals surface area contributed by atoms with Gasteiger partial charge in [0.25, 0.3) is 0 Å². The van der Waals surface area contributed by atoms with Gasteiger partial charge in [0.2, 0.25) is 0 Å². The van der Waals surface area contributed by atoms with Crippen LogP contribution in [-0.2, 0) is 11.3 Å². The van der Waals surface area contributed by atoms with Crippen molar-refractivity contribution in [3.8, 4) is 0 Å². The molecule has 0 bridgehead atoms. The van der Waals surface area contributed by atoms with Gasteiger partial charge in [-0.25, -0.2) is 0 Å². The van der Waals surface area contributed by atoms with E-state index in [0.29, 0.717) is 19.1 Å². The largest absolute Gasteiger partial charge is 0.481 e. The highest BCUT2D eigenvalue weighted by Crippen LogP contribution is 2.14. The van der Waals surface area contributed by atoms with Crippen LogP contribution in [0.2, 0.25) is 0 Å². The van der Waals surface area contributed by atoms with E-state index >= 15 is 0 Å². The zero-order valence-corrected chi connectivity index (χ0v) is 10.1. The average Bonchev–Trinajstić information content (AvgIpc) is 2.58. The topological polar surface area (TPSA) is 53.7 Å². The molecule has 1 aromatic heterocycles. The van der Waals surface area contributed by atoms with Crippen molar-refractivity contribution in [2.45, 2.75) is 39.8 Å². The Balaban J connectivity index is 2.58. The first-order chi connectivity index (χ1) is 7.50. The maximum absolute atomic E-state index is 10.5. The zero-order valence-electron chi connectivity index (χ0n) is 10.1. The van der Waals surface area contributed by atoms with Crippen LogP contribution >= 0.6 is 0 Å². The lowest BCUT2D eigenvalue weighted by Crippen LogP contribution is -2.32. The standard InChI is InChI=1S/C12H19NO3/c1-9(2)13(6-4-12(14)15)8-11-10(3)5-7-16-11/h5,7,9H,4,6,8H2,1-3H3,(H,14,15). The fourth-order valence-corrected chi connectivity index (χ4v) is 1.51. The van der Waals surface area contributed by atoms with Crippen LogP contribution in [0.3, 0.4) is 0 Å². The second kappa shape index (κ2) is 5.70. The molecule has 0 saturated carbocycles. The Morgan fingerprint density at radius 1 is 1.56 bits per heavy atom. The van der Waals surface area contributed by atoms with Gasteiger partial charge in [0.15, 0.2) is 0 Å². The normalized spacial score (nSPS) is 11.3. The van der Waals surface area contributed by atoms with Gasteiger partial charge in [0, 0.05) is 12.6 Å². The van der Waals surface area contributed by atoms with Crippen molar-refractivity contribution in [1.29, 1.82) is 0 Å². The second-order valence-corrected chi connectivity index (χ2v) is 4.23. The predicted octanol–water partition coefficient (Wildman–Crippen LogP) is 2.27. The summed E-state index contributed by atoms with van der Waals surface area (Å²) in [6.45, 7) is 7.33. The van der Waals surface area contributed by atoms with Crippen molar-refractivity contribution in [2.75, 3.05) is 6.54 Å². The van der Waals surface area contributed by atoms with Crippen LogP contribution in [0.25, 0.3) is 0 Å². The summed E-state index contributed by atoms with van der Waals surface area (Å²) in [5, 5.41) is 8.67. The van der Waals surface area contributed by atoms with Gasteiger partial charge >= 0.3 is 5.97 Å². The van der Waals surface area contributed by atoms with Crippen molar-refractivity contribution in [3.63, 3.8) is 0 Å². The molecule has 1 N–H and O–H groups in total. The number of carboxylic acid groups (broad SMARTS) is 1. The quantitative estimate of drug-likeness (QED) is 0.807. The molecule has 1 heterocycles. The van der Waals surface area contributed by atoms with Gasteiger partial charge in [0.1, 0.15) is 5.76 Å². The second-order valence-electron chi connectivity index (χ2n) is 4.23. The third-order valence-electron chi connectivity index (χ3n) is 2.66. The number of carbonyl (C=O) groups is 1. The predicted molar refractivity (Wildman–Crippen MR) is 61.2 cm³/mol. The Hall–Kier alpha value is -1.29. The Kier molecular flexibility index (Phi) is 4.55. The van der Waals surface area contributed by atoms with Gasteiger partial charge in [-0.3, -0.25) is 9.69 Å². The van der Waals surface area contributed by atoms with Crippen LogP contribution in [0, 0.1) is 6.92 Å². The molecule has 16 heavy (non-hydrogen) atoms. The Bertz CT molecular complexity index is 344. The minimum Gasteiger partial charge on any atom is -0.481 e. The van der Waals surface area contributed by atoms with Crippen LogP contribution in [0.5, 0.6) is 0 Å². The summed E-state index contributed by atoms with van der Waals surface area (Å²) in [5.74, 6) is 0.154. The molecule has 0 saturated heterocycles. The molecule has 0 aliphatic rings. The van der Waals surface area contributed by atoms with Crippen molar-refractivity contribution in [2.24, 2.45) is 0 Å². The van der Waals surface area contributed by atoms with E-state index in [1.165, 1.54) is 0 Å². The van der Waals surface area contributed by atoms with Gasteiger partial charge in [-0.1, -0.05) is 0 Å². The molecule has 0 fully saturated rings. The third kappa shape index (κ3) is 3.70. The molecule has 0 unspecified atom stereocenters. The maximum Gasteiger partial charge on any atom is 0.304 e.